The number of likely N-dealkylation sites (N-methyl/N-ethyl adjacent to an activating group) is 2. The molecular formula is C12H15N3O4. The number of nitro benzene ring substituents is 1. The molecule has 0 aromatic heterocycles. The summed E-state index contributed by atoms with van der Waals surface area (Å²) in [6, 6.07) is 3.95. The van der Waals surface area contributed by atoms with Gasteiger partial charge in [0.15, 0.2) is 6.29 Å². The Balaban J connectivity index is 2.96. The van der Waals surface area contributed by atoms with E-state index in [1.54, 1.807) is 18.9 Å². The lowest BCUT2D eigenvalue weighted by Crippen LogP contribution is -2.35. The highest BCUT2D eigenvalue weighted by Crippen LogP contribution is 2.23. The van der Waals surface area contributed by atoms with Gasteiger partial charge in [-0.1, -0.05) is 0 Å². The van der Waals surface area contributed by atoms with Gasteiger partial charge in [-0.25, -0.2) is 0 Å². The maximum atomic E-state index is 11.5. The van der Waals surface area contributed by atoms with Crippen LogP contribution in [0.1, 0.15) is 17.3 Å². The van der Waals surface area contributed by atoms with E-state index in [0.717, 1.165) is 0 Å². The molecule has 0 saturated heterocycles. The zero-order chi connectivity index (χ0) is 14.4. The fraction of sp³-hybridized carbons (Fsp3) is 0.333. The summed E-state index contributed by atoms with van der Waals surface area (Å²) < 4.78 is 0. The van der Waals surface area contributed by atoms with Crippen LogP contribution in [0.25, 0.3) is 0 Å². The second kappa shape index (κ2) is 6.48. The second-order valence-electron chi connectivity index (χ2n) is 3.93. The number of nitrogens with one attached hydrogen (secondary N) is 1. The van der Waals surface area contributed by atoms with Crippen molar-refractivity contribution in [3.8, 4) is 0 Å². The Morgan fingerprint density at radius 3 is 2.74 bits per heavy atom. The quantitative estimate of drug-likeness (QED) is 0.470. The number of carbonyl (C=O) groups is 2. The predicted octanol–water partition coefficient (Wildman–Crippen LogP) is 0.980. The van der Waals surface area contributed by atoms with Gasteiger partial charge in [0.25, 0.3) is 5.69 Å². The number of aldehydes is 1. The van der Waals surface area contributed by atoms with Crippen LogP contribution >= 0.6 is 0 Å². The molecular weight excluding hydrogens is 250 g/mol. The standard InChI is InChI=1S/C12H15N3O4/c1-3-13-12(17)7-14(2)11-5-4-10(15(18)19)6-9(11)8-16/h4-6,8H,3,7H2,1-2H3,(H,13,17). The van der Waals surface area contributed by atoms with Gasteiger partial charge in [-0.15, -0.1) is 0 Å². The van der Waals surface area contributed by atoms with Crippen LogP contribution in [0.4, 0.5) is 11.4 Å². The van der Waals surface area contributed by atoms with Crippen LogP contribution in [-0.2, 0) is 4.79 Å². The number of carbonyl (C=O) groups excluding carboxylic acids is 2. The molecule has 0 heterocycles. The number of rotatable bonds is 6. The molecule has 1 aromatic rings. The van der Waals surface area contributed by atoms with Crippen molar-refractivity contribution in [2.45, 2.75) is 6.92 Å². The summed E-state index contributed by atoms with van der Waals surface area (Å²) in [5, 5.41) is 13.3. The van der Waals surface area contributed by atoms with Crippen LogP contribution in [-0.4, -0.2) is 37.3 Å². The fourth-order valence-corrected chi connectivity index (χ4v) is 1.65. The summed E-state index contributed by atoms with van der Waals surface area (Å²) in [6.07, 6.45) is 0.538. The lowest BCUT2D eigenvalue weighted by Gasteiger charge is -2.20. The Labute approximate surface area is 110 Å². The molecule has 7 heteroatoms. The number of hydrogen-bond donors (Lipinski definition) is 1. The van der Waals surface area contributed by atoms with Gasteiger partial charge in [-0.05, 0) is 13.0 Å². The average Bonchev–Trinajstić information content (AvgIpc) is 2.37. The molecule has 0 fully saturated rings. The minimum Gasteiger partial charge on any atom is -0.365 e. The van der Waals surface area contributed by atoms with Gasteiger partial charge < -0.3 is 10.2 Å². The SMILES string of the molecule is CCNC(=O)CN(C)c1ccc([N+](=O)[O-])cc1C=O. The summed E-state index contributed by atoms with van der Waals surface area (Å²) in [4.78, 5) is 34.0. The first kappa shape index (κ1) is 14.6. The summed E-state index contributed by atoms with van der Waals surface area (Å²) in [7, 11) is 1.64. The van der Waals surface area contributed by atoms with E-state index in [2.05, 4.69) is 5.32 Å². The first-order valence-corrected chi connectivity index (χ1v) is 5.71. The third-order valence-corrected chi connectivity index (χ3v) is 2.51. The Bertz CT molecular complexity index is 502. The third-order valence-electron chi connectivity index (χ3n) is 2.51. The number of benzene rings is 1. The third kappa shape index (κ3) is 3.77. The van der Waals surface area contributed by atoms with Crippen molar-refractivity contribution < 1.29 is 14.5 Å². The molecule has 0 aliphatic heterocycles. The van der Waals surface area contributed by atoms with E-state index < -0.39 is 4.92 Å². The Kier molecular flexibility index (Phi) is 4.99. The number of nitrogens with zero attached hydrogens (tertiary/aromatic N) is 2. The average molecular weight is 265 g/mol. The number of hydrogen-bond acceptors (Lipinski definition) is 5. The Hall–Kier alpha value is -2.44. The van der Waals surface area contributed by atoms with Gasteiger partial charge in [0.2, 0.25) is 5.91 Å². The molecule has 1 rings (SSSR count). The first-order chi connectivity index (χ1) is 8.99. The summed E-state index contributed by atoms with van der Waals surface area (Å²) in [5.41, 5.74) is 0.505. The lowest BCUT2D eigenvalue weighted by atomic mass is 10.1. The number of non-ortho nitro benzene ring substituents is 1. The summed E-state index contributed by atoms with van der Waals surface area (Å²) >= 11 is 0. The van der Waals surface area contributed by atoms with E-state index >= 15 is 0 Å². The van der Waals surface area contributed by atoms with Crippen molar-refractivity contribution in [1.29, 1.82) is 0 Å². The Morgan fingerprint density at radius 1 is 1.53 bits per heavy atom. The second-order valence-corrected chi connectivity index (χ2v) is 3.93. The monoisotopic (exact) mass is 265 g/mol. The molecule has 19 heavy (non-hydrogen) atoms. The van der Waals surface area contributed by atoms with Gasteiger partial charge >= 0.3 is 0 Å². The normalized spacial score (nSPS) is 9.79. The van der Waals surface area contributed by atoms with Crippen molar-refractivity contribution in [3.05, 3.63) is 33.9 Å². The van der Waals surface area contributed by atoms with Crippen LogP contribution in [0.5, 0.6) is 0 Å². The van der Waals surface area contributed by atoms with Crippen molar-refractivity contribution in [1.82, 2.24) is 5.32 Å². The van der Waals surface area contributed by atoms with E-state index in [4.69, 9.17) is 0 Å². The van der Waals surface area contributed by atoms with Gasteiger partial charge in [-0.2, -0.15) is 0 Å². The highest BCUT2D eigenvalue weighted by Gasteiger charge is 2.14. The van der Waals surface area contributed by atoms with Gasteiger partial charge in [0, 0.05) is 37.0 Å². The maximum absolute atomic E-state index is 11.5. The number of nitro groups is 1. The minimum absolute atomic E-state index is 0.0759. The van der Waals surface area contributed by atoms with Gasteiger partial charge in [0.1, 0.15) is 0 Å². The molecule has 0 aliphatic carbocycles. The zero-order valence-electron chi connectivity index (χ0n) is 10.8. The number of anilines is 1. The van der Waals surface area contributed by atoms with Crippen molar-refractivity contribution in [3.63, 3.8) is 0 Å². The summed E-state index contributed by atoms with van der Waals surface area (Å²) in [5.74, 6) is -0.180. The molecule has 1 amide bonds. The van der Waals surface area contributed by atoms with E-state index in [9.17, 15) is 19.7 Å². The van der Waals surface area contributed by atoms with E-state index in [1.807, 2.05) is 0 Å². The molecule has 1 N–H and O–H groups in total. The van der Waals surface area contributed by atoms with Crippen LogP contribution in [0.15, 0.2) is 18.2 Å². The maximum Gasteiger partial charge on any atom is 0.270 e. The van der Waals surface area contributed by atoms with Gasteiger partial charge in [0.05, 0.1) is 11.5 Å². The highest BCUT2D eigenvalue weighted by atomic mass is 16.6. The van der Waals surface area contributed by atoms with E-state index in [-0.39, 0.29) is 23.7 Å². The molecule has 0 saturated carbocycles. The number of amides is 1. The molecule has 102 valence electrons. The molecule has 7 nitrogen and oxygen atoms in total. The zero-order valence-corrected chi connectivity index (χ0v) is 10.8. The van der Waals surface area contributed by atoms with Crippen LogP contribution in [0.2, 0.25) is 0 Å². The van der Waals surface area contributed by atoms with Crippen molar-refractivity contribution in [2.75, 3.05) is 25.0 Å². The topological polar surface area (TPSA) is 92.6 Å². The molecule has 0 atom stereocenters. The molecule has 0 spiro atoms. The van der Waals surface area contributed by atoms with E-state index in [0.29, 0.717) is 18.5 Å². The fourth-order valence-electron chi connectivity index (χ4n) is 1.65. The minimum atomic E-state index is -0.569. The van der Waals surface area contributed by atoms with Gasteiger partial charge in [-0.3, -0.25) is 19.7 Å². The largest absolute Gasteiger partial charge is 0.365 e. The summed E-state index contributed by atoms with van der Waals surface area (Å²) in [6.45, 7) is 2.40. The first-order valence-electron chi connectivity index (χ1n) is 5.71. The molecule has 0 bridgehead atoms. The highest BCUT2D eigenvalue weighted by molar-refractivity contribution is 5.88. The van der Waals surface area contributed by atoms with Crippen LogP contribution in [0.3, 0.4) is 0 Å². The lowest BCUT2D eigenvalue weighted by molar-refractivity contribution is -0.384. The Morgan fingerprint density at radius 2 is 2.21 bits per heavy atom. The molecule has 1 aromatic carbocycles. The molecule has 0 aliphatic rings. The van der Waals surface area contributed by atoms with Crippen molar-refractivity contribution in [2.24, 2.45) is 0 Å². The van der Waals surface area contributed by atoms with Crippen molar-refractivity contribution >= 4 is 23.6 Å². The van der Waals surface area contributed by atoms with Crippen LogP contribution in [0, 0.1) is 10.1 Å². The smallest absolute Gasteiger partial charge is 0.270 e. The van der Waals surface area contributed by atoms with Crippen LogP contribution < -0.4 is 10.2 Å². The predicted molar refractivity (Wildman–Crippen MR) is 70.4 cm³/mol. The van der Waals surface area contributed by atoms with E-state index in [1.165, 1.54) is 18.2 Å². The molecule has 0 unspecified atom stereocenters. The molecule has 0 radical (unpaired) electrons.